The molecule has 1 unspecified atom stereocenters. The molecule has 0 heterocycles. The number of hydrogen-bond acceptors (Lipinski definition) is 3. The van der Waals surface area contributed by atoms with E-state index in [0.29, 0.717) is 5.56 Å². The number of Topliss-reactive ketones (excluding diaryl/α,β-unsaturated/α-hetero) is 1. The summed E-state index contributed by atoms with van der Waals surface area (Å²) >= 11 is 0. The van der Waals surface area contributed by atoms with Crippen LogP contribution in [-0.2, 0) is 22.4 Å². The number of hydrogen-bond donors (Lipinski definition) is 1. The van der Waals surface area contributed by atoms with Gasteiger partial charge in [0, 0.05) is 25.5 Å². The normalized spacial score (nSPS) is 14.7. The summed E-state index contributed by atoms with van der Waals surface area (Å²) in [5.74, 6) is -1.45. The van der Waals surface area contributed by atoms with E-state index in [1.165, 1.54) is 36.4 Å². The molecule has 1 atom stereocenters. The summed E-state index contributed by atoms with van der Waals surface area (Å²) in [4.78, 5) is 36.3. The van der Waals surface area contributed by atoms with Crippen molar-refractivity contribution in [3.63, 3.8) is 0 Å². The van der Waals surface area contributed by atoms with E-state index in [0.717, 1.165) is 19.3 Å². The van der Waals surface area contributed by atoms with Gasteiger partial charge in [0.1, 0.15) is 6.04 Å². The Bertz CT molecular complexity index is 623. The van der Waals surface area contributed by atoms with Gasteiger partial charge in [-0.3, -0.25) is 9.59 Å². The van der Waals surface area contributed by atoms with Crippen LogP contribution in [0.15, 0.2) is 18.2 Å². The van der Waals surface area contributed by atoms with E-state index >= 15 is 0 Å². The molecular formula is C18H23NO4. The lowest BCUT2D eigenvalue weighted by atomic mass is 9.89. The second kappa shape index (κ2) is 7.40. The molecule has 1 amide bonds. The third-order valence-electron chi connectivity index (χ3n) is 4.57. The highest BCUT2D eigenvalue weighted by Gasteiger charge is 2.22. The average molecular weight is 317 g/mol. The van der Waals surface area contributed by atoms with E-state index in [9.17, 15) is 14.4 Å². The van der Waals surface area contributed by atoms with Crippen molar-refractivity contribution in [2.75, 3.05) is 7.05 Å². The van der Waals surface area contributed by atoms with Crippen LogP contribution in [0.4, 0.5) is 0 Å². The Labute approximate surface area is 136 Å². The molecule has 0 saturated heterocycles. The van der Waals surface area contributed by atoms with Crippen molar-refractivity contribution in [1.29, 1.82) is 0 Å². The van der Waals surface area contributed by atoms with Crippen LogP contribution in [0, 0.1) is 0 Å². The zero-order chi connectivity index (χ0) is 17.0. The Morgan fingerprint density at radius 1 is 1.13 bits per heavy atom. The molecule has 0 bridgehead atoms. The molecule has 23 heavy (non-hydrogen) atoms. The summed E-state index contributed by atoms with van der Waals surface area (Å²) in [6, 6.07) is 4.91. The van der Waals surface area contributed by atoms with Crippen molar-refractivity contribution in [3.8, 4) is 0 Å². The van der Waals surface area contributed by atoms with Crippen LogP contribution in [0.5, 0.6) is 0 Å². The minimum atomic E-state index is -1.05. The summed E-state index contributed by atoms with van der Waals surface area (Å²) in [7, 11) is 1.45. The number of aliphatic carboxylic acids is 1. The number of carboxylic acid groups (broad SMARTS) is 1. The van der Waals surface area contributed by atoms with Crippen LogP contribution in [-0.4, -0.2) is 40.8 Å². The topological polar surface area (TPSA) is 74.7 Å². The first kappa shape index (κ1) is 17.2. The Morgan fingerprint density at radius 2 is 1.78 bits per heavy atom. The lowest BCUT2D eigenvalue weighted by Gasteiger charge is -2.21. The fraction of sp³-hybridized carbons (Fsp3) is 0.500. The van der Waals surface area contributed by atoms with Crippen molar-refractivity contribution in [1.82, 2.24) is 4.90 Å². The second-order valence-electron chi connectivity index (χ2n) is 6.13. The number of aryl methyl sites for hydroxylation is 2. The highest BCUT2D eigenvalue weighted by Crippen LogP contribution is 2.23. The molecule has 0 aromatic heterocycles. The maximum Gasteiger partial charge on any atom is 0.326 e. The number of ketones is 1. The number of likely N-dealkylation sites (N-methyl/N-ethyl adjacent to an activating group) is 1. The molecule has 1 aliphatic carbocycles. The summed E-state index contributed by atoms with van der Waals surface area (Å²) in [5.41, 5.74) is 3.20. The third kappa shape index (κ3) is 4.18. The van der Waals surface area contributed by atoms with E-state index in [1.807, 2.05) is 18.2 Å². The van der Waals surface area contributed by atoms with Gasteiger partial charge >= 0.3 is 5.97 Å². The lowest BCUT2D eigenvalue weighted by Crippen LogP contribution is -2.40. The molecule has 0 fully saturated rings. The predicted molar refractivity (Wildman–Crippen MR) is 86.5 cm³/mol. The Balaban J connectivity index is 1.94. The zero-order valence-corrected chi connectivity index (χ0v) is 13.7. The summed E-state index contributed by atoms with van der Waals surface area (Å²) < 4.78 is 0. The van der Waals surface area contributed by atoms with Crippen LogP contribution in [0.25, 0.3) is 0 Å². The number of amides is 1. The minimum Gasteiger partial charge on any atom is -0.480 e. The maximum atomic E-state index is 12.3. The van der Waals surface area contributed by atoms with E-state index in [-0.39, 0.29) is 24.5 Å². The van der Waals surface area contributed by atoms with Gasteiger partial charge in [-0.05, 0) is 49.8 Å². The lowest BCUT2D eigenvalue weighted by molar-refractivity contribution is -0.148. The fourth-order valence-electron chi connectivity index (χ4n) is 2.83. The molecule has 1 aromatic carbocycles. The highest BCUT2D eigenvalue weighted by molar-refractivity contribution is 5.98. The van der Waals surface area contributed by atoms with Crippen LogP contribution in [0.1, 0.15) is 54.1 Å². The first-order chi connectivity index (χ1) is 10.9. The largest absolute Gasteiger partial charge is 0.480 e. The molecule has 1 aliphatic rings. The van der Waals surface area contributed by atoms with Crippen molar-refractivity contribution < 1.29 is 19.5 Å². The zero-order valence-electron chi connectivity index (χ0n) is 13.7. The van der Waals surface area contributed by atoms with Gasteiger partial charge in [0.2, 0.25) is 5.91 Å². The molecule has 0 radical (unpaired) electrons. The quantitative estimate of drug-likeness (QED) is 0.818. The van der Waals surface area contributed by atoms with Gasteiger partial charge < -0.3 is 10.0 Å². The summed E-state index contributed by atoms with van der Waals surface area (Å²) in [6.45, 7) is 1.45. The van der Waals surface area contributed by atoms with E-state index in [2.05, 4.69) is 0 Å². The summed E-state index contributed by atoms with van der Waals surface area (Å²) in [5, 5.41) is 8.91. The van der Waals surface area contributed by atoms with Crippen molar-refractivity contribution in [3.05, 3.63) is 34.9 Å². The monoisotopic (exact) mass is 317 g/mol. The minimum absolute atomic E-state index is 0.0318. The molecular weight excluding hydrogens is 294 g/mol. The van der Waals surface area contributed by atoms with Gasteiger partial charge in [-0.15, -0.1) is 0 Å². The molecule has 124 valence electrons. The highest BCUT2D eigenvalue weighted by atomic mass is 16.4. The van der Waals surface area contributed by atoms with Crippen LogP contribution in [0.2, 0.25) is 0 Å². The average Bonchev–Trinajstić information content (AvgIpc) is 2.57. The first-order valence-corrected chi connectivity index (χ1v) is 8.03. The Kier molecular flexibility index (Phi) is 5.53. The number of carbonyl (C=O) groups excluding carboxylic acids is 2. The molecule has 0 saturated carbocycles. The van der Waals surface area contributed by atoms with E-state index in [4.69, 9.17) is 5.11 Å². The van der Waals surface area contributed by atoms with Gasteiger partial charge in [0.05, 0.1) is 0 Å². The number of benzene rings is 1. The fourth-order valence-corrected chi connectivity index (χ4v) is 2.83. The molecule has 5 nitrogen and oxygen atoms in total. The molecule has 1 N–H and O–H groups in total. The van der Waals surface area contributed by atoms with Gasteiger partial charge in [0.25, 0.3) is 0 Å². The molecule has 0 aliphatic heterocycles. The van der Waals surface area contributed by atoms with Gasteiger partial charge in [-0.25, -0.2) is 4.79 Å². The van der Waals surface area contributed by atoms with Crippen molar-refractivity contribution in [2.24, 2.45) is 0 Å². The smallest absolute Gasteiger partial charge is 0.326 e. The predicted octanol–water partition coefficient (Wildman–Crippen LogP) is 2.46. The van der Waals surface area contributed by atoms with Crippen molar-refractivity contribution in [2.45, 2.75) is 51.5 Å². The molecule has 0 spiro atoms. The third-order valence-corrected chi connectivity index (χ3v) is 4.57. The van der Waals surface area contributed by atoms with Gasteiger partial charge in [-0.2, -0.15) is 0 Å². The maximum absolute atomic E-state index is 12.3. The van der Waals surface area contributed by atoms with E-state index in [1.54, 1.807) is 0 Å². The number of fused-ring (bicyclic) bond motifs is 1. The van der Waals surface area contributed by atoms with E-state index < -0.39 is 12.0 Å². The molecule has 2 rings (SSSR count). The Morgan fingerprint density at radius 3 is 2.43 bits per heavy atom. The second-order valence-corrected chi connectivity index (χ2v) is 6.13. The first-order valence-electron chi connectivity index (χ1n) is 8.03. The number of rotatable bonds is 6. The number of carboxylic acids is 1. The van der Waals surface area contributed by atoms with Crippen LogP contribution in [0.3, 0.4) is 0 Å². The summed E-state index contributed by atoms with van der Waals surface area (Å²) in [6.07, 6.45) is 4.57. The Hall–Kier alpha value is -2.17. The standard InChI is InChI=1S/C18H23NO4/c1-12(18(22)23)19(2)17(21)10-9-16(20)15-8-7-13-5-3-4-6-14(13)11-15/h7-8,11-12H,3-6,9-10H2,1-2H3,(H,22,23). The van der Waals surface area contributed by atoms with Gasteiger partial charge in [0.15, 0.2) is 5.78 Å². The number of nitrogens with zero attached hydrogens (tertiary/aromatic N) is 1. The molecule has 1 aromatic rings. The van der Waals surface area contributed by atoms with Gasteiger partial charge in [-0.1, -0.05) is 12.1 Å². The SMILES string of the molecule is CC(C(=O)O)N(C)C(=O)CCC(=O)c1ccc2c(c1)CCCC2. The van der Waals surface area contributed by atoms with Crippen molar-refractivity contribution >= 4 is 17.7 Å². The van der Waals surface area contributed by atoms with Crippen LogP contribution < -0.4 is 0 Å². The van der Waals surface area contributed by atoms with Crippen LogP contribution >= 0.6 is 0 Å². The number of carbonyl (C=O) groups is 3. The molecule has 5 heteroatoms.